The van der Waals surface area contributed by atoms with Crippen molar-refractivity contribution in [3.63, 3.8) is 0 Å². The molecule has 1 aliphatic rings. The van der Waals surface area contributed by atoms with Crippen LogP contribution in [0.3, 0.4) is 0 Å². The summed E-state index contributed by atoms with van der Waals surface area (Å²) in [7, 11) is 1.74. The van der Waals surface area contributed by atoms with Crippen LogP contribution in [0.25, 0.3) is 0 Å². The van der Waals surface area contributed by atoms with Crippen molar-refractivity contribution >= 4 is 11.6 Å². The largest absolute Gasteiger partial charge is 0.375 e. The van der Waals surface area contributed by atoms with Crippen LogP contribution in [-0.4, -0.2) is 19.7 Å². The molecular weight excluding hydrogens is 210 g/mol. The summed E-state index contributed by atoms with van der Waals surface area (Å²) < 4.78 is 5.45. The fraction of sp³-hybridized carbons (Fsp3) is 0.500. The van der Waals surface area contributed by atoms with Crippen LogP contribution in [0.15, 0.2) is 24.3 Å². The van der Waals surface area contributed by atoms with Gasteiger partial charge >= 0.3 is 0 Å². The van der Waals surface area contributed by atoms with Gasteiger partial charge in [-0.05, 0) is 30.5 Å². The SMILES string of the molecule is COC(CNC1CC1)c1cccc(Cl)c1. The fourth-order valence-corrected chi connectivity index (χ4v) is 1.80. The van der Waals surface area contributed by atoms with Crippen LogP contribution >= 0.6 is 11.6 Å². The van der Waals surface area contributed by atoms with Gasteiger partial charge in [-0.25, -0.2) is 0 Å². The van der Waals surface area contributed by atoms with Crippen molar-refractivity contribution < 1.29 is 4.74 Å². The maximum Gasteiger partial charge on any atom is 0.0946 e. The first-order valence-electron chi connectivity index (χ1n) is 5.31. The van der Waals surface area contributed by atoms with E-state index in [-0.39, 0.29) is 6.10 Å². The Morgan fingerprint density at radius 2 is 2.33 bits per heavy atom. The first kappa shape index (κ1) is 10.9. The predicted octanol–water partition coefficient (Wildman–Crippen LogP) is 2.78. The third-order valence-electron chi connectivity index (χ3n) is 2.67. The van der Waals surface area contributed by atoms with Gasteiger partial charge in [0.1, 0.15) is 0 Å². The highest BCUT2D eigenvalue weighted by atomic mass is 35.5. The lowest BCUT2D eigenvalue weighted by molar-refractivity contribution is 0.102. The molecule has 1 saturated carbocycles. The highest BCUT2D eigenvalue weighted by Gasteiger charge is 2.22. The minimum atomic E-state index is 0.101. The highest BCUT2D eigenvalue weighted by Crippen LogP contribution is 2.23. The van der Waals surface area contributed by atoms with Gasteiger partial charge in [0.05, 0.1) is 6.10 Å². The molecule has 2 rings (SSSR count). The van der Waals surface area contributed by atoms with Crippen molar-refractivity contribution in [1.29, 1.82) is 0 Å². The second-order valence-electron chi connectivity index (χ2n) is 3.96. The molecule has 1 aromatic rings. The molecule has 82 valence electrons. The van der Waals surface area contributed by atoms with Crippen LogP contribution < -0.4 is 5.32 Å². The molecule has 1 fully saturated rings. The van der Waals surface area contributed by atoms with E-state index in [1.807, 2.05) is 18.2 Å². The van der Waals surface area contributed by atoms with Crippen LogP contribution in [0.5, 0.6) is 0 Å². The number of methoxy groups -OCH3 is 1. The molecule has 0 radical (unpaired) electrons. The van der Waals surface area contributed by atoms with Gasteiger partial charge in [-0.2, -0.15) is 0 Å². The van der Waals surface area contributed by atoms with Crippen molar-refractivity contribution in [2.24, 2.45) is 0 Å². The normalized spacial score (nSPS) is 17.7. The van der Waals surface area contributed by atoms with Crippen LogP contribution in [0, 0.1) is 0 Å². The first-order chi connectivity index (χ1) is 7.29. The second-order valence-corrected chi connectivity index (χ2v) is 4.40. The van der Waals surface area contributed by atoms with Gasteiger partial charge in [0.25, 0.3) is 0 Å². The molecule has 1 aromatic carbocycles. The van der Waals surface area contributed by atoms with Crippen LogP contribution in [-0.2, 0) is 4.74 Å². The van der Waals surface area contributed by atoms with Crippen LogP contribution in [0.2, 0.25) is 5.02 Å². The molecular formula is C12H16ClNO. The number of rotatable bonds is 5. The number of nitrogens with one attached hydrogen (secondary N) is 1. The molecule has 0 heterocycles. The summed E-state index contributed by atoms with van der Waals surface area (Å²) in [6, 6.07) is 8.56. The Labute approximate surface area is 95.6 Å². The molecule has 1 N–H and O–H groups in total. The minimum absolute atomic E-state index is 0.101. The van der Waals surface area contributed by atoms with E-state index in [1.165, 1.54) is 12.8 Å². The lowest BCUT2D eigenvalue weighted by atomic mass is 10.1. The summed E-state index contributed by atoms with van der Waals surface area (Å²) in [4.78, 5) is 0. The molecule has 2 nitrogen and oxygen atoms in total. The van der Waals surface area contributed by atoms with E-state index in [0.717, 1.165) is 17.1 Å². The van der Waals surface area contributed by atoms with Crippen molar-refractivity contribution in [2.75, 3.05) is 13.7 Å². The quantitative estimate of drug-likeness (QED) is 0.832. The van der Waals surface area contributed by atoms with E-state index in [4.69, 9.17) is 16.3 Å². The summed E-state index contributed by atoms with van der Waals surface area (Å²) in [5.41, 5.74) is 1.14. The van der Waals surface area contributed by atoms with E-state index in [1.54, 1.807) is 7.11 Å². The number of halogens is 1. The van der Waals surface area contributed by atoms with Gasteiger partial charge in [-0.15, -0.1) is 0 Å². The van der Waals surface area contributed by atoms with E-state index in [0.29, 0.717) is 6.04 Å². The molecule has 0 spiro atoms. The third-order valence-corrected chi connectivity index (χ3v) is 2.91. The smallest absolute Gasteiger partial charge is 0.0946 e. The topological polar surface area (TPSA) is 21.3 Å². The molecule has 0 aromatic heterocycles. The second kappa shape index (κ2) is 4.97. The van der Waals surface area contributed by atoms with E-state index in [9.17, 15) is 0 Å². The number of hydrogen-bond donors (Lipinski definition) is 1. The maximum absolute atomic E-state index is 5.94. The highest BCUT2D eigenvalue weighted by molar-refractivity contribution is 6.30. The van der Waals surface area contributed by atoms with Gasteiger partial charge in [-0.1, -0.05) is 23.7 Å². The maximum atomic E-state index is 5.94. The standard InChI is InChI=1S/C12H16ClNO/c1-15-12(8-14-11-5-6-11)9-3-2-4-10(13)7-9/h2-4,7,11-12,14H,5-6,8H2,1H3. The molecule has 0 saturated heterocycles. The van der Waals surface area contributed by atoms with Gasteiger partial charge < -0.3 is 10.1 Å². The summed E-state index contributed by atoms with van der Waals surface area (Å²) in [6.45, 7) is 0.863. The van der Waals surface area contributed by atoms with Gasteiger partial charge in [-0.3, -0.25) is 0 Å². The Bertz CT molecular complexity index is 325. The zero-order valence-electron chi connectivity index (χ0n) is 8.87. The Balaban J connectivity index is 1.97. The number of ether oxygens (including phenoxy) is 1. The average Bonchev–Trinajstić information content (AvgIpc) is 3.03. The molecule has 15 heavy (non-hydrogen) atoms. The fourth-order valence-electron chi connectivity index (χ4n) is 1.61. The van der Waals surface area contributed by atoms with Crippen LogP contribution in [0.1, 0.15) is 24.5 Å². The molecule has 0 bridgehead atoms. The molecule has 3 heteroatoms. The van der Waals surface area contributed by atoms with Crippen molar-refractivity contribution in [3.8, 4) is 0 Å². The van der Waals surface area contributed by atoms with Crippen molar-refractivity contribution in [1.82, 2.24) is 5.32 Å². The summed E-state index contributed by atoms with van der Waals surface area (Å²) in [5.74, 6) is 0. The van der Waals surface area contributed by atoms with Crippen molar-refractivity contribution in [2.45, 2.75) is 25.0 Å². The predicted molar refractivity (Wildman–Crippen MR) is 62.2 cm³/mol. The first-order valence-corrected chi connectivity index (χ1v) is 5.69. The number of benzene rings is 1. The molecule has 1 atom stereocenters. The van der Waals surface area contributed by atoms with Gasteiger partial charge in [0, 0.05) is 24.7 Å². The Morgan fingerprint density at radius 1 is 1.53 bits per heavy atom. The summed E-state index contributed by atoms with van der Waals surface area (Å²) >= 11 is 5.94. The van der Waals surface area contributed by atoms with E-state index >= 15 is 0 Å². The van der Waals surface area contributed by atoms with E-state index < -0.39 is 0 Å². The molecule has 0 amide bonds. The van der Waals surface area contributed by atoms with Gasteiger partial charge in [0.15, 0.2) is 0 Å². The Hall–Kier alpha value is -0.570. The van der Waals surface area contributed by atoms with E-state index in [2.05, 4.69) is 11.4 Å². The number of hydrogen-bond acceptors (Lipinski definition) is 2. The summed E-state index contributed by atoms with van der Waals surface area (Å²) in [5, 5.41) is 4.22. The zero-order valence-corrected chi connectivity index (χ0v) is 9.63. The minimum Gasteiger partial charge on any atom is -0.375 e. The zero-order chi connectivity index (χ0) is 10.7. The lowest BCUT2D eigenvalue weighted by Crippen LogP contribution is -2.24. The molecule has 1 aliphatic carbocycles. The Morgan fingerprint density at radius 3 is 2.93 bits per heavy atom. The molecule has 1 unspecified atom stereocenters. The van der Waals surface area contributed by atoms with Crippen LogP contribution in [0.4, 0.5) is 0 Å². The van der Waals surface area contributed by atoms with Crippen molar-refractivity contribution in [3.05, 3.63) is 34.9 Å². The monoisotopic (exact) mass is 225 g/mol. The Kier molecular flexibility index (Phi) is 3.62. The third kappa shape index (κ3) is 3.20. The lowest BCUT2D eigenvalue weighted by Gasteiger charge is -2.16. The van der Waals surface area contributed by atoms with Gasteiger partial charge in [0.2, 0.25) is 0 Å². The molecule has 0 aliphatic heterocycles. The average molecular weight is 226 g/mol. The summed E-state index contributed by atoms with van der Waals surface area (Å²) in [6.07, 6.45) is 2.70.